The zero-order chi connectivity index (χ0) is 16.2. The van der Waals surface area contributed by atoms with Gasteiger partial charge < -0.3 is 15.1 Å². The minimum Gasteiger partial charge on any atom is -0.355 e. The Morgan fingerprint density at radius 3 is 2.83 bits per heavy atom. The van der Waals surface area contributed by atoms with Gasteiger partial charge in [-0.2, -0.15) is 0 Å². The third-order valence-electron chi connectivity index (χ3n) is 4.29. The molecule has 2 amide bonds. The maximum absolute atomic E-state index is 12.6. The molecule has 1 aliphatic rings. The van der Waals surface area contributed by atoms with Crippen molar-refractivity contribution in [2.24, 2.45) is 0 Å². The van der Waals surface area contributed by atoms with E-state index in [0.717, 1.165) is 24.6 Å². The summed E-state index contributed by atoms with van der Waals surface area (Å²) in [5, 5.41) is 5.05. The zero-order valence-corrected chi connectivity index (χ0v) is 14.3. The van der Waals surface area contributed by atoms with Gasteiger partial charge in [0, 0.05) is 31.2 Å². The first kappa shape index (κ1) is 15.8. The quantitative estimate of drug-likeness (QED) is 0.923. The first-order valence-electron chi connectivity index (χ1n) is 7.94. The molecule has 23 heavy (non-hydrogen) atoms. The van der Waals surface area contributed by atoms with Crippen LogP contribution < -0.4 is 10.2 Å². The molecule has 0 radical (unpaired) electrons. The van der Waals surface area contributed by atoms with E-state index in [1.165, 1.54) is 17.7 Å². The first-order chi connectivity index (χ1) is 11.2. The number of hydrogen-bond acceptors (Lipinski definition) is 4. The second-order valence-corrected chi connectivity index (χ2v) is 6.78. The molecule has 3 heterocycles. The normalized spacial score (nSPS) is 15.5. The molecule has 0 aromatic carbocycles. The lowest BCUT2D eigenvalue weighted by molar-refractivity contribution is 0.209. The van der Waals surface area contributed by atoms with Gasteiger partial charge in [-0.15, -0.1) is 11.3 Å². The number of nitrogens with zero attached hydrogens (tertiary/aromatic N) is 3. The van der Waals surface area contributed by atoms with Gasteiger partial charge >= 0.3 is 6.03 Å². The molecule has 2 aromatic rings. The second kappa shape index (κ2) is 7.00. The largest absolute Gasteiger partial charge is 0.355 e. The van der Waals surface area contributed by atoms with Crippen molar-refractivity contribution in [2.45, 2.75) is 25.8 Å². The number of anilines is 2. The molecule has 6 heteroatoms. The number of amides is 2. The Bertz CT molecular complexity index is 652. The molecule has 1 N–H and O–H groups in total. The average Bonchev–Trinajstić information content (AvgIpc) is 3.27. The SMILES string of the molecule is CC(c1cccs1)N(C)C(=O)Nc1cccnc1N1CCCC1. The molecule has 0 spiro atoms. The van der Waals surface area contributed by atoms with Crippen molar-refractivity contribution in [1.29, 1.82) is 0 Å². The van der Waals surface area contributed by atoms with Crippen LogP contribution in [0.4, 0.5) is 16.3 Å². The second-order valence-electron chi connectivity index (χ2n) is 5.80. The molecular weight excluding hydrogens is 308 g/mol. The number of carbonyl (C=O) groups is 1. The number of rotatable bonds is 4. The summed E-state index contributed by atoms with van der Waals surface area (Å²) in [5.41, 5.74) is 0.782. The minimum absolute atomic E-state index is 0.0434. The molecule has 1 unspecified atom stereocenters. The van der Waals surface area contributed by atoms with Crippen LogP contribution >= 0.6 is 11.3 Å². The van der Waals surface area contributed by atoms with Crippen LogP contribution in [0.2, 0.25) is 0 Å². The zero-order valence-electron chi connectivity index (χ0n) is 13.5. The Labute approximate surface area is 140 Å². The van der Waals surface area contributed by atoms with Gasteiger partial charge in [-0.3, -0.25) is 0 Å². The van der Waals surface area contributed by atoms with Gasteiger partial charge in [0.15, 0.2) is 5.82 Å². The van der Waals surface area contributed by atoms with Crippen LogP contribution in [0.3, 0.4) is 0 Å². The van der Waals surface area contributed by atoms with Crippen molar-refractivity contribution in [3.8, 4) is 0 Å². The molecule has 1 fully saturated rings. The number of urea groups is 1. The van der Waals surface area contributed by atoms with Gasteiger partial charge in [0.25, 0.3) is 0 Å². The summed E-state index contributed by atoms with van der Waals surface area (Å²) in [6.45, 7) is 4.04. The van der Waals surface area contributed by atoms with E-state index in [2.05, 4.69) is 21.3 Å². The van der Waals surface area contributed by atoms with E-state index in [1.807, 2.05) is 37.6 Å². The lowest BCUT2D eigenvalue weighted by Gasteiger charge is -2.26. The average molecular weight is 330 g/mol. The van der Waals surface area contributed by atoms with Crippen LogP contribution in [-0.4, -0.2) is 36.1 Å². The Kier molecular flexibility index (Phi) is 4.81. The van der Waals surface area contributed by atoms with Gasteiger partial charge in [-0.05, 0) is 43.3 Å². The van der Waals surface area contributed by atoms with Crippen molar-refractivity contribution in [2.75, 3.05) is 30.4 Å². The Hall–Kier alpha value is -2.08. The number of thiophene rings is 1. The molecule has 5 nitrogen and oxygen atoms in total. The highest BCUT2D eigenvalue weighted by Gasteiger charge is 2.21. The summed E-state index contributed by atoms with van der Waals surface area (Å²) in [6, 6.07) is 7.77. The molecule has 1 atom stereocenters. The molecule has 0 bridgehead atoms. The van der Waals surface area contributed by atoms with Crippen LogP contribution in [0.25, 0.3) is 0 Å². The third-order valence-corrected chi connectivity index (χ3v) is 5.33. The fourth-order valence-corrected chi connectivity index (χ4v) is 3.60. The number of nitrogens with one attached hydrogen (secondary N) is 1. The van der Waals surface area contributed by atoms with E-state index >= 15 is 0 Å². The smallest absolute Gasteiger partial charge is 0.322 e. The first-order valence-corrected chi connectivity index (χ1v) is 8.82. The van der Waals surface area contributed by atoms with Crippen molar-refractivity contribution in [3.05, 3.63) is 40.7 Å². The minimum atomic E-state index is -0.112. The van der Waals surface area contributed by atoms with Crippen LogP contribution in [0.5, 0.6) is 0 Å². The highest BCUT2D eigenvalue weighted by molar-refractivity contribution is 7.10. The predicted octanol–water partition coefficient (Wildman–Crippen LogP) is 3.97. The van der Waals surface area contributed by atoms with Gasteiger partial charge in [-0.1, -0.05) is 6.07 Å². The molecule has 2 aromatic heterocycles. The van der Waals surface area contributed by atoms with E-state index in [-0.39, 0.29) is 12.1 Å². The van der Waals surface area contributed by atoms with Crippen molar-refractivity contribution in [1.82, 2.24) is 9.88 Å². The lowest BCUT2D eigenvalue weighted by atomic mass is 10.2. The van der Waals surface area contributed by atoms with Gasteiger partial charge in [-0.25, -0.2) is 9.78 Å². The lowest BCUT2D eigenvalue weighted by Crippen LogP contribution is -2.34. The van der Waals surface area contributed by atoms with Gasteiger partial charge in [0.1, 0.15) is 0 Å². The summed E-state index contributed by atoms with van der Waals surface area (Å²) in [5.74, 6) is 0.871. The maximum Gasteiger partial charge on any atom is 0.322 e. The van der Waals surface area contributed by atoms with Crippen LogP contribution in [-0.2, 0) is 0 Å². The van der Waals surface area contributed by atoms with Crippen LogP contribution in [0.1, 0.15) is 30.7 Å². The highest BCUT2D eigenvalue weighted by atomic mass is 32.1. The van der Waals surface area contributed by atoms with E-state index in [9.17, 15) is 4.79 Å². The van der Waals surface area contributed by atoms with Crippen molar-refractivity contribution in [3.63, 3.8) is 0 Å². The van der Waals surface area contributed by atoms with E-state index in [4.69, 9.17) is 0 Å². The summed E-state index contributed by atoms with van der Waals surface area (Å²) in [4.78, 5) is 22.2. The fraction of sp³-hybridized carbons (Fsp3) is 0.412. The molecule has 1 aliphatic heterocycles. The van der Waals surface area contributed by atoms with E-state index < -0.39 is 0 Å². The Morgan fingerprint density at radius 2 is 2.13 bits per heavy atom. The molecule has 1 saturated heterocycles. The molecule has 0 saturated carbocycles. The summed E-state index contributed by atoms with van der Waals surface area (Å²) >= 11 is 1.66. The summed E-state index contributed by atoms with van der Waals surface area (Å²) in [6.07, 6.45) is 4.14. The molecule has 122 valence electrons. The van der Waals surface area contributed by atoms with E-state index in [0.29, 0.717) is 0 Å². The maximum atomic E-state index is 12.6. The van der Waals surface area contributed by atoms with Crippen molar-refractivity contribution >= 4 is 28.9 Å². The summed E-state index contributed by atoms with van der Waals surface area (Å²) in [7, 11) is 1.83. The monoisotopic (exact) mass is 330 g/mol. The predicted molar refractivity (Wildman–Crippen MR) is 95.2 cm³/mol. The van der Waals surface area contributed by atoms with Gasteiger partial charge in [0.2, 0.25) is 0 Å². The standard InChI is InChI=1S/C17H22N4OS/c1-13(15-8-6-12-23-15)20(2)17(22)19-14-7-5-9-18-16(14)21-10-3-4-11-21/h5-9,12-13H,3-4,10-11H2,1-2H3,(H,19,22). The van der Waals surface area contributed by atoms with E-state index in [1.54, 1.807) is 22.4 Å². The number of aromatic nitrogens is 1. The highest BCUT2D eigenvalue weighted by Crippen LogP contribution is 2.28. The Morgan fingerprint density at radius 1 is 1.35 bits per heavy atom. The third kappa shape index (κ3) is 3.47. The number of hydrogen-bond donors (Lipinski definition) is 1. The Balaban J connectivity index is 1.72. The molecule has 3 rings (SSSR count). The summed E-state index contributed by atoms with van der Waals surface area (Å²) < 4.78 is 0. The van der Waals surface area contributed by atoms with Crippen LogP contribution in [0, 0.1) is 0 Å². The number of pyridine rings is 1. The topological polar surface area (TPSA) is 48.5 Å². The van der Waals surface area contributed by atoms with Gasteiger partial charge in [0.05, 0.1) is 11.7 Å². The number of carbonyl (C=O) groups excluding carboxylic acids is 1. The van der Waals surface area contributed by atoms with Crippen LogP contribution in [0.15, 0.2) is 35.8 Å². The fourth-order valence-electron chi connectivity index (χ4n) is 2.77. The van der Waals surface area contributed by atoms with Crippen molar-refractivity contribution < 1.29 is 4.79 Å². The molecular formula is C17H22N4OS. The molecule has 0 aliphatic carbocycles.